The van der Waals surface area contributed by atoms with Gasteiger partial charge in [0.2, 0.25) is 0 Å². The summed E-state index contributed by atoms with van der Waals surface area (Å²) in [5.74, 6) is -0.911. The number of anilines is 1. The van der Waals surface area contributed by atoms with Crippen LogP contribution in [0.3, 0.4) is 0 Å². The van der Waals surface area contributed by atoms with Crippen molar-refractivity contribution >= 4 is 39.9 Å². The smallest absolute Gasteiger partial charge is 0.270 e. The Balaban J connectivity index is 2.26. The van der Waals surface area contributed by atoms with E-state index < -0.39 is 10.8 Å². The van der Waals surface area contributed by atoms with Gasteiger partial charge in [0.1, 0.15) is 5.75 Å². The van der Waals surface area contributed by atoms with E-state index in [9.17, 15) is 20.0 Å². The molecule has 0 aliphatic carbocycles. The molecule has 2 aromatic rings. The fourth-order valence-corrected chi connectivity index (χ4v) is 1.91. The molecule has 0 spiro atoms. The van der Waals surface area contributed by atoms with Crippen LogP contribution in [0, 0.1) is 13.7 Å². The first-order valence-corrected chi connectivity index (χ1v) is 6.59. The summed E-state index contributed by atoms with van der Waals surface area (Å²) in [7, 11) is 0. The topological polar surface area (TPSA) is 92.5 Å². The molecule has 2 rings (SSSR count). The number of phenols is 1. The molecular weight excluding hydrogens is 375 g/mol. The van der Waals surface area contributed by atoms with Crippen molar-refractivity contribution in [3.63, 3.8) is 0 Å². The molecule has 1 amide bonds. The van der Waals surface area contributed by atoms with E-state index >= 15 is 0 Å². The minimum absolute atomic E-state index is 0.141. The highest BCUT2D eigenvalue weighted by Gasteiger charge is 2.16. The van der Waals surface area contributed by atoms with E-state index in [1.165, 1.54) is 0 Å². The fraction of sp³-hybridized carbons (Fsp3) is 0. The first-order valence-electron chi connectivity index (χ1n) is 5.51. The van der Waals surface area contributed by atoms with Crippen molar-refractivity contribution < 1.29 is 14.8 Å². The van der Waals surface area contributed by atoms with Crippen LogP contribution < -0.4 is 5.32 Å². The molecule has 0 saturated carbocycles. The van der Waals surface area contributed by atoms with Crippen molar-refractivity contribution in [3.05, 3.63) is 61.7 Å². The Morgan fingerprint density at radius 3 is 2.45 bits per heavy atom. The van der Waals surface area contributed by atoms with Crippen LogP contribution in [-0.2, 0) is 0 Å². The Morgan fingerprint density at radius 2 is 1.85 bits per heavy atom. The van der Waals surface area contributed by atoms with Gasteiger partial charge in [-0.15, -0.1) is 0 Å². The minimum atomic E-state index is -0.624. The molecule has 0 atom stereocenters. The van der Waals surface area contributed by atoms with Gasteiger partial charge >= 0.3 is 0 Å². The van der Waals surface area contributed by atoms with Gasteiger partial charge in [0, 0.05) is 21.4 Å². The molecule has 0 aliphatic rings. The number of nitrogens with zero attached hydrogens (tertiary/aromatic N) is 1. The predicted molar refractivity (Wildman–Crippen MR) is 81.9 cm³/mol. The highest BCUT2D eigenvalue weighted by Crippen LogP contribution is 2.24. The molecule has 0 fully saturated rings. The number of hydrogen-bond acceptors (Lipinski definition) is 4. The van der Waals surface area contributed by atoms with E-state index in [1.54, 1.807) is 12.1 Å². The molecule has 0 aliphatic heterocycles. The van der Waals surface area contributed by atoms with Crippen molar-refractivity contribution in [1.82, 2.24) is 0 Å². The van der Waals surface area contributed by atoms with E-state index in [4.69, 9.17) is 0 Å². The monoisotopic (exact) mass is 384 g/mol. The molecule has 0 saturated heterocycles. The number of halogens is 1. The normalized spacial score (nSPS) is 10.1. The number of hydrogen-bond donors (Lipinski definition) is 2. The van der Waals surface area contributed by atoms with Crippen LogP contribution in [0.5, 0.6) is 5.75 Å². The average molecular weight is 384 g/mol. The lowest BCUT2D eigenvalue weighted by Crippen LogP contribution is -2.12. The third-order valence-electron chi connectivity index (χ3n) is 2.54. The molecule has 0 bridgehead atoms. The Morgan fingerprint density at radius 1 is 1.20 bits per heavy atom. The maximum Gasteiger partial charge on any atom is 0.270 e. The van der Waals surface area contributed by atoms with E-state index in [0.717, 1.165) is 21.8 Å². The zero-order valence-electron chi connectivity index (χ0n) is 10.0. The van der Waals surface area contributed by atoms with Crippen molar-refractivity contribution in [2.45, 2.75) is 0 Å². The number of carbonyl (C=O) groups excluding carboxylic acids is 1. The number of rotatable bonds is 3. The number of nitrogens with one attached hydrogen (secondary N) is 1. The number of nitro groups is 1. The van der Waals surface area contributed by atoms with Crippen LogP contribution in [0.2, 0.25) is 0 Å². The van der Waals surface area contributed by atoms with Gasteiger partial charge in [-0.3, -0.25) is 14.9 Å². The molecule has 102 valence electrons. The van der Waals surface area contributed by atoms with Crippen LogP contribution in [0.25, 0.3) is 0 Å². The minimum Gasteiger partial charge on any atom is -0.507 e. The first-order chi connectivity index (χ1) is 9.47. The van der Waals surface area contributed by atoms with Crippen LogP contribution in [0.1, 0.15) is 10.4 Å². The summed E-state index contributed by atoms with van der Waals surface area (Å²) in [5.41, 5.74) is 0.148. The lowest BCUT2D eigenvalue weighted by Gasteiger charge is -2.06. The van der Waals surface area contributed by atoms with E-state index in [-0.39, 0.29) is 17.0 Å². The molecule has 7 heteroatoms. The first kappa shape index (κ1) is 14.3. The number of nitro benzene ring substituents is 1. The van der Waals surface area contributed by atoms with Gasteiger partial charge < -0.3 is 10.4 Å². The Bertz CT molecular complexity index is 671. The largest absolute Gasteiger partial charge is 0.507 e. The number of non-ortho nitro benzene ring substituents is 1. The van der Waals surface area contributed by atoms with Gasteiger partial charge in [-0.2, -0.15) is 0 Å². The van der Waals surface area contributed by atoms with Crippen LogP contribution >= 0.6 is 22.6 Å². The summed E-state index contributed by atoms with van der Waals surface area (Å²) in [6.07, 6.45) is 0. The summed E-state index contributed by atoms with van der Waals surface area (Å²) in [4.78, 5) is 22.0. The highest BCUT2D eigenvalue weighted by molar-refractivity contribution is 14.1. The zero-order chi connectivity index (χ0) is 14.7. The highest BCUT2D eigenvalue weighted by atomic mass is 127. The summed E-state index contributed by atoms with van der Waals surface area (Å²) in [6, 6.07) is 10.3. The molecule has 20 heavy (non-hydrogen) atoms. The Labute approximate surface area is 127 Å². The summed E-state index contributed by atoms with van der Waals surface area (Å²) < 4.78 is 1.01. The summed E-state index contributed by atoms with van der Waals surface area (Å²) in [5, 5.41) is 22.9. The fourth-order valence-electron chi connectivity index (χ4n) is 1.55. The maximum absolute atomic E-state index is 12.0. The number of aromatic hydroxyl groups is 1. The molecular formula is C13H9IN2O4. The second-order valence-electron chi connectivity index (χ2n) is 3.92. The van der Waals surface area contributed by atoms with Gasteiger partial charge in [0.15, 0.2) is 0 Å². The standard InChI is InChI=1S/C13H9IN2O4/c14-8-1-3-9(4-2-8)15-13(18)11-7-10(16(19)20)5-6-12(11)17/h1-7,17H,(H,15,18). The van der Waals surface area contributed by atoms with Crippen molar-refractivity contribution in [1.29, 1.82) is 0 Å². The van der Waals surface area contributed by atoms with E-state index in [2.05, 4.69) is 27.9 Å². The van der Waals surface area contributed by atoms with Gasteiger partial charge in [-0.05, 0) is 52.9 Å². The molecule has 6 nitrogen and oxygen atoms in total. The second-order valence-corrected chi connectivity index (χ2v) is 5.17. The third-order valence-corrected chi connectivity index (χ3v) is 3.26. The molecule has 2 N–H and O–H groups in total. The number of benzene rings is 2. The van der Waals surface area contributed by atoms with Crippen LogP contribution in [0.15, 0.2) is 42.5 Å². The van der Waals surface area contributed by atoms with Crippen LogP contribution in [-0.4, -0.2) is 15.9 Å². The molecule has 0 unspecified atom stereocenters. The number of carbonyl (C=O) groups is 1. The van der Waals surface area contributed by atoms with Gasteiger partial charge in [-0.25, -0.2) is 0 Å². The number of phenolic OH excluding ortho intramolecular Hbond substituents is 1. The van der Waals surface area contributed by atoms with Gasteiger partial charge in [0.05, 0.1) is 10.5 Å². The molecule has 0 aromatic heterocycles. The zero-order valence-corrected chi connectivity index (χ0v) is 12.2. The number of amides is 1. The molecule has 0 radical (unpaired) electrons. The van der Waals surface area contributed by atoms with Crippen molar-refractivity contribution in [3.8, 4) is 5.75 Å². The SMILES string of the molecule is O=C(Nc1ccc(I)cc1)c1cc([N+](=O)[O-])ccc1O. The molecule has 2 aromatic carbocycles. The van der Waals surface area contributed by atoms with E-state index in [1.807, 2.05) is 12.1 Å². The third kappa shape index (κ3) is 3.23. The second kappa shape index (κ2) is 5.87. The lowest BCUT2D eigenvalue weighted by molar-refractivity contribution is -0.384. The van der Waals surface area contributed by atoms with Crippen molar-refractivity contribution in [2.24, 2.45) is 0 Å². The summed E-state index contributed by atoms with van der Waals surface area (Å²) in [6.45, 7) is 0. The quantitative estimate of drug-likeness (QED) is 0.483. The lowest BCUT2D eigenvalue weighted by atomic mass is 10.1. The van der Waals surface area contributed by atoms with Crippen molar-refractivity contribution in [2.75, 3.05) is 5.32 Å². The average Bonchev–Trinajstić information content (AvgIpc) is 2.41. The Hall–Kier alpha value is -2.16. The Kier molecular flexibility index (Phi) is 4.18. The van der Waals surface area contributed by atoms with Gasteiger partial charge in [-0.1, -0.05) is 0 Å². The van der Waals surface area contributed by atoms with Gasteiger partial charge in [0.25, 0.3) is 11.6 Å². The maximum atomic E-state index is 12.0. The summed E-state index contributed by atoms with van der Waals surface area (Å²) >= 11 is 2.13. The van der Waals surface area contributed by atoms with E-state index in [0.29, 0.717) is 5.69 Å². The molecule has 0 heterocycles. The van der Waals surface area contributed by atoms with Crippen LogP contribution in [0.4, 0.5) is 11.4 Å². The predicted octanol–water partition coefficient (Wildman–Crippen LogP) is 3.16.